The normalized spacial score (nSPS) is 10.7. The second-order valence-corrected chi connectivity index (χ2v) is 6.18. The number of urea groups is 1. The Bertz CT molecular complexity index is 592. The Hall–Kier alpha value is -2.30. The molecule has 1 aromatic carbocycles. The first kappa shape index (κ1) is 17.1. The highest BCUT2D eigenvalue weighted by Gasteiger charge is 2.03. The zero-order valence-corrected chi connectivity index (χ0v) is 14.0. The number of carbonyl (C=O) groups is 1. The van der Waals surface area contributed by atoms with Gasteiger partial charge in [-0.05, 0) is 24.3 Å². The Balaban J connectivity index is 1.69. The van der Waals surface area contributed by atoms with Crippen LogP contribution in [0.5, 0.6) is 0 Å². The highest BCUT2D eigenvalue weighted by atomic mass is 16.2. The maximum Gasteiger partial charge on any atom is 0.315 e. The second kappa shape index (κ2) is 8.98. The number of rotatable bonds is 8. The van der Waals surface area contributed by atoms with Gasteiger partial charge in [0.1, 0.15) is 0 Å². The summed E-state index contributed by atoms with van der Waals surface area (Å²) in [7, 11) is 0. The molecule has 2 N–H and O–H groups in total. The summed E-state index contributed by atoms with van der Waals surface area (Å²) in [6.45, 7) is 6.32. The molecule has 0 saturated carbocycles. The molecule has 0 unspecified atom stereocenters. The van der Waals surface area contributed by atoms with E-state index in [9.17, 15) is 4.79 Å². The minimum atomic E-state index is -0.121. The summed E-state index contributed by atoms with van der Waals surface area (Å²) < 4.78 is 1.88. The van der Waals surface area contributed by atoms with Gasteiger partial charge in [0.15, 0.2) is 0 Å². The Labute approximate surface area is 138 Å². The minimum absolute atomic E-state index is 0.121. The lowest BCUT2D eigenvalue weighted by molar-refractivity contribution is 0.240. The largest absolute Gasteiger partial charge is 0.338 e. The molecule has 2 amide bonds. The molecule has 0 spiro atoms. The summed E-state index contributed by atoms with van der Waals surface area (Å²) in [6.07, 6.45) is 5.90. The summed E-state index contributed by atoms with van der Waals surface area (Å²) in [5.74, 6) is 0.676. The van der Waals surface area contributed by atoms with E-state index in [0.29, 0.717) is 12.5 Å². The number of aromatic nitrogens is 2. The van der Waals surface area contributed by atoms with Crippen molar-refractivity contribution < 1.29 is 4.79 Å². The van der Waals surface area contributed by atoms with Crippen LogP contribution in [-0.2, 0) is 13.1 Å². The number of hydrogen-bond donors (Lipinski definition) is 2. The van der Waals surface area contributed by atoms with Crippen LogP contribution in [0.25, 0.3) is 0 Å². The van der Waals surface area contributed by atoms with E-state index in [0.717, 1.165) is 31.5 Å². The number of carbonyl (C=O) groups excluding carboxylic acids is 1. The molecular formula is C18H26N4O. The summed E-state index contributed by atoms with van der Waals surface area (Å²) in [5, 5.41) is 10.1. The monoisotopic (exact) mass is 314 g/mol. The first-order valence-electron chi connectivity index (χ1n) is 8.20. The number of nitrogens with zero attached hydrogens (tertiary/aromatic N) is 2. The lowest BCUT2D eigenvalue weighted by Gasteiger charge is -2.07. The lowest BCUT2D eigenvalue weighted by Crippen LogP contribution is -2.35. The summed E-state index contributed by atoms with van der Waals surface area (Å²) in [5.41, 5.74) is 2.20. The van der Waals surface area contributed by atoms with Crippen LogP contribution in [0.1, 0.15) is 37.8 Å². The molecule has 0 radical (unpaired) electrons. The van der Waals surface area contributed by atoms with Gasteiger partial charge >= 0.3 is 6.03 Å². The van der Waals surface area contributed by atoms with Gasteiger partial charge in [0, 0.05) is 24.8 Å². The van der Waals surface area contributed by atoms with Crippen molar-refractivity contribution in [1.82, 2.24) is 20.4 Å². The van der Waals surface area contributed by atoms with Gasteiger partial charge in [0.2, 0.25) is 0 Å². The van der Waals surface area contributed by atoms with Crippen molar-refractivity contribution >= 4 is 6.03 Å². The van der Waals surface area contributed by atoms with E-state index in [2.05, 4.69) is 41.7 Å². The van der Waals surface area contributed by atoms with Crippen molar-refractivity contribution in [3.63, 3.8) is 0 Å². The van der Waals surface area contributed by atoms with Crippen LogP contribution >= 0.6 is 0 Å². The Morgan fingerprint density at radius 2 is 1.96 bits per heavy atom. The third-order valence-electron chi connectivity index (χ3n) is 3.57. The van der Waals surface area contributed by atoms with E-state index in [1.807, 2.05) is 29.1 Å². The first-order valence-corrected chi connectivity index (χ1v) is 8.20. The molecule has 23 heavy (non-hydrogen) atoms. The van der Waals surface area contributed by atoms with Crippen molar-refractivity contribution in [2.24, 2.45) is 5.92 Å². The van der Waals surface area contributed by atoms with Gasteiger partial charge in [-0.2, -0.15) is 5.10 Å². The fraction of sp³-hybridized carbons (Fsp3) is 0.444. The van der Waals surface area contributed by atoms with Crippen molar-refractivity contribution in [2.75, 3.05) is 6.54 Å². The van der Waals surface area contributed by atoms with Crippen molar-refractivity contribution in [3.8, 4) is 0 Å². The Kier molecular flexibility index (Phi) is 6.66. The van der Waals surface area contributed by atoms with E-state index in [-0.39, 0.29) is 6.03 Å². The maximum absolute atomic E-state index is 11.7. The van der Waals surface area contributed by atoms with Crippen LogP contribution in [0.3, 0.4) is 0 Å². The van der Waals surface area contributed by atoms with Gasteiger partial charge in [-0.25, -0.2) is 4.79 Å². The molecular weight excluding hydrogens is 288 g/mol. The molecule has 0 bridgehead atoms. The third-order valence-corrected chi connectivity index (χ3v) is 3.57. The van der Waals surface area contributed by atoms with Crippen LogP contribution in [0.15, 0.2) is 42.7 Å². The first-order chi connectivity index (χ1) is 11.1. The van der Waals surface area contributed by atoms with Gasteiger partial charge in [-0.15, -0.1) is 0 Å². The molecule has 0 atom stereocenters. The second-order valence-electron chi connectivity index (χ2n) is 6.18. The summed E-state index contributed by atoms with van der Waals surface area (Å²) >= 11 is 0. The fourth-order valence-electron chi connectivity index (χ4n) is 2.31. The van der Waals surface area contributed by atoms with Gasteiger partial charge in [0.05, 0.1) is 12.7 Å². The maximum atomic E-state index is 11.7. The van der Waals surface area contributed by atoms with Gasteiger partial charge < -0.3 is 10.6 Å². The highest BCUT2D eigenvalue weighted by molar-refractivity contribution is 5.73. The van der Waals surface area contributed by atoms with E-state index in [4.69, 9.17) is 0 Å². The van der Waals surface area contributed by atoms with E-state index >= 15 is 0 Å². The average Bonchev–Trinajstić information content (AvgIpc) is 2.98. The molecule has 124 valence electrons. The predicted octanol–water partition coefficient (Wildman–Crippen LogP) is 3.17. The topological polar surface area (TPSA) is 59.0 Å². The zero-order valence-electron chi connectivity index (χ0n) is 14.0. The quantitative estimate of drug-likeness (QED) is 0.735. The molecule has 0 aliphatic heterocycles. The number of amides is 2. The van der Waals surface area contributed by atoms with E-state index < -0.39 is 0 Å². The molecule has 0 aliphatic rings. The smallest absolute Gasteiger partial charge is 0.315 e. The van der Waals surface area contributed by atoms with E-state index in [1.54, 1.807) is 6.20 Å². The number of benzene rings is 1. The molecule has 5 nitrogen and oxygen atoms in total. The standard InChI is InChI=1S/C18H26N4O/c1-15(2)7-6-10-19-18(23)20-11-17-12-21-22(14-17)13-16-8-4-3-5-9-16/h3-5,8-9,12,14-15H,6-7,10-11,13H2,1-2H3,(H2,19,20,23). The minimum Gasteiger partial charge on any atom is -0.338 e. The van der Waals surface area contributed by atoms with Gasteiger partial charge in [-0.1, -0.05) is 44.2 Å². The number of hydrogen-bond acceptors (Lipinski definition) is 2. The average molecular weight is 314 g/mol. The Morgan fingerprint density at radius 3 is 2.70 bits per heavy atom. The molecule has 0 fully saturated rings. The lowest BCUT2D eigenvalue weighted by atomic mass is 10.1. The van der Waals surface area contributed by atoms with Crippen molar-refractivity contribution in [1.29, 1.82) is 0 Å². The molecule has 2 aromatic rings. The predicted molar refractivity (Wildman–Crippen MR) is 92.1 cm³/mol. The van der Waals surface area contributed by atoms with Crippen LogP contribution in [0, 0.1) is 5.92 Å². The van der Waals surface area contributed by atoms with Crippen LogP contribution in [0.4, 0.5) is 4.79 Å². The van der Waals surface area contributed by atoms with Crippen LogP contribution < -0.4 is 10.6 Å². The van der Waals surface area contributed by atoms with Crippen LogP contribution in [0.2, 0.25) is 0 Å². The molecule has 0 saturated heterocycles. The summed E-state index contributed by atoms with van der Waals surface area (Å²) in [6, 6.07) is 10.1. The van der Waals surface area contributed by atoms with Crippen molar-refractivity contribution in [2.45, 2.75) is 39.8 Å². The van der Waals surface area contributed by atoms with Gasteiger partial charge in [-0.3, -0.25) is 4.68 Å². The third kappa shape index (κ3) is 6.55. The van der Waals surface area contributed by atoms with E-state index in [1.165, 1.54) is 5.56 Å². The molecule has 1 heterocycles. The fourth-order valence-corrected chi connectivity index (χ4v) is 2.31. The SMILES string of the molecule is CC(C)CCCNC(=O)NCc1cnn(Cc2ccccc2)c1. The number of nitrogens with one attached hydrogen (secondary N) is 2. The zero-order chi connectivity index (χ0) is 16.5. The summed E-state index contributed by atoms with van der Waals surface area (Å²) in [4.78, 5) is 11.7. The van der Waals surface area contributed by atoms with Crippen molar-refractivity contribution in [3.05, 3.63) is 53.9 Å². The molecule has 0 aliphatic carbocycles. The highest BCUT2D eigenvalue weighted by Crippen LogP contribution is 2.04. The molecule has 5 heteroatoms. The Morgan fingerprint density at radius 1 is 1.17 bits per heavy atom. The van der Waals surface area contributed by atoms with Gasteiger partial charge in [0.25, 0.3) is 0 Å². The molecule has 1 aromatic heterocycles. The van der Waals surface area contributed by atoms with Crippen LogP contribution in [-0.4, -0.2) is 22.4 Å². The molecule has 2 rings (SSSR count).